The molecule has 0 bridgehead atoms. The zero-order valence-electron chi connectivity index (χ0n) is 15.4. The van der Waals surface area contributed by atoms with Crippen LogP contribution in [0, 0.1) is 5.82 Å². The maximum atomic E-state index is 14.4. The fourth-order valence-electron chi connectivity index (χ4n) is 3.33. The van der Waals surface area contributed by atoms with Crippen molar-refractivity contribution in [3.63, 3.8) is 0 Å². The van der Waals surface area contributed by atoms with Crippen LogP contribution in [0.3, 0.4) is 0 Å². The lowest BCUT2D eigenvalue weighted by atomic mass is 10.2. The van der Waals surface area contributed by atoms with Crippen LogP contribution in [0.15, 0.2) is 59.8 Å². The Morgan fingerprint density at radius 1 is 1.00 bits per heavy atom. The van der Waals surface area contributed by atoms with Gasteiger partial charge in [-0.15, -0.1) is 10.2 Å². The van der Waals surface area contributed by atoms with Gasteiger partial charge in [0.1, 0.15) is 5.82 Å². The highest BCUT2D eigenvalue weighted by Crippen LogP contribution is 2.27. The molecule has 7 heteroatoms. The third kappa shape index (κ3) is 4.09. The minimum absolute atomic E-state index is 0.115. The minimum Gasteiger partial charge on any atom is -0.342 e. The molecule has 0 radical (unpaired) electrons. The van der Waals surface area contributed by atoms with Gasteiger partial charge in [0.15, 0.2) is 11.0 Å². The predicted octanol–water partition coefficient (Wildman–Crippen LogP) is 3.85. The molecule has 1 amide bonds. The van der Waals surface area contributed by atoms with Crippen molar-refractivity contribution in [3.05, 3.63) is 66.0 Å². The van der Waals surface area contributed by atoms with Gasteiger partial charge >= 0.3 is 0 Å². The zero-order valence-corrected chi connectivity index (χ0v) is 16.2. The Morgan fingerprint density at radius 2 is 1.71 bits per heavy atom. The highest BCUT2D eigenvalue weighted by Gasteiger charge is 2.21. The van der Waals surface area contributed by atoms with Gasteiger partial charge in [0, 0.05) is 13.1 Å². The van der Waals surface area contributed by atoms with Crippen molar-refractivity contribution >= 4 is 17.7 Å². The van der Waals surface area contributed by atoms with Crippen molar-refractivity contribution in [3.8, 4) is 11.4 Å². The summed E-state index contributed by atoms with van der Waals surface area (Å²) in [5, 5.41) is 9.13. The number of hydrogen-bond acceptors (Lipinski definition) is 4. The Hall–Kier alpha value is -2.67. The molecule has 28 heavy (non-hydrogen) atoms. The fourth-order valence-corrected chi connectivity index (χ4v) is 4.17. The van der Waals surface area contributed by atoms with Crippen LogP contribution in [-0.2, 0) is 11.3 Å². The Balaban J connectivity index is 1.62. The second-order valence-electron chi connectivity index (χ2n) is 6.73. The van der Waals surface area contributed by atoms with Crippen molar-refractivity contribution in [2.75, 3.05) is 18.8 Å². The van der Waals surface area contributed by atoms with Crippen LogP contribution in [0.4, 0.5) is 4.39 Å². The number of hydrogen-bond donors (Lipinski definition) is 0. The van der Waals surface area contributed by atoms with E-state index in [0.717, 1.165) is 31.5 Å². The van der Waals surface area contributed by atoms with Crippen molar-refractivity contribution in [1.82, 2.24) is 19.7 Å². The average Bonchev–Trinajstić information content (AvgIpc) is 3.38. The third-order valence-electron chi connectivity index (χ3n) is 4.80. The van der Waals surface area contributed by atoms with Gasteiger partial charge in [0.2, 0.25) is 5.91 Å². The van der Waals surface area contributed by atoms with Gasteiger partial charge in [-0.25, -0.2) is 4.39 Å². The predicted molar refractivity (Wildman–Crippen MR) is 107 cm³/mol. The van der Waals surface area contributed by atoms with Gasteiger partial charge in [-0.3, -0.25) is 9.36 Å². The third-order valence-corrected chi connectivity index (χ3v) is 5.75. The molecule has 2 heterocycles. The Bertz CT molecular complexity index is 954. The number of thioether (sulfide) groups is 1. The van der Waals surface area contributed by atoms with E-state index in [2.05, 4.69) is 10.2 Å². The molecule has 3 aromatic rings. The quantitative estimate of drug-likeness (QED) is 0.594. The Morgan fingerprint density at radius 3 is 2.46 bits per heavy atom. The first-order chi connectivity index (χ1) is 13.7. The topological polar surface area (TPSA) is 51.0 Å². The van der Waals surface area contributed by atoms with Crippen LogP contribution in [-0.4, -0.2) is 44.4 Å². The second-order valence-corrected chi connectivity index (χ2v) is 7.68. The Kier molecular flexibility index (Phi) is 5.71. The molecular formula is C21H21FN4OS. The Labute approximate surface area is 167 Å². The van der Waals surface area contributed by atoms with Crippen molar-refractivity contribution < 1.29 is 9.18 Å². The number of nitrogens with zero attached hydrogens (tertiary/aromatic N) is 4. The van der Waals surface area contributed by atoms with Crippen LogP contribution in [0.5, 0.6) is 0 Å². The van der Waals surface area contributed by atoms with Gasteiger partial charge in [-0.05, 0) is 30.5 Å². The number of aromatic nitrogens is 3. The molecule has 0 N–H and O–H groups in total. The number of amides is 1. The molecule has 0 aliphatic carbocycles. The second kappa shape index (κ2) is 8.56. The first kappa shape index (κ1) is 18.7. The molecule has 5 nitrogen and oxygen atoms in total. The number of halogens is 1. The average molecular weight is 396 g/mol. The monoisotopic (exact) mass is 396 g/mol. The van der Waals surface area contributed by atoms with Crippen LogP contribution < -0.4 is 0 Å². The first-order valence-electron chi connectivity index (χ1n) is 9.35. The minimum atomic E-state index is -0.339. The fraction of sp³-hybridized carbons (Fsp3) is 0.286. The van der Waals surface area contributed by atoms with Gasteiger partial charge in [-0.2, -0.15) is 0 Å². The molecule has 1 saturated heterocycles. The first-order valence-corrected chi connectivity index (χ1v) is 10.3. The molecule has 1 aromatic heterocycles. The molecular weight excluding hydrogens is 375 g/mol. The summed E-state index contributed by atoms with van der Waals surface area (Å²) in [7, 11) is 0. The van der Waals surface area contributed by atoms with E-state index in [4.69, 9.17) is 0 Å². The van der Waals surface area contributed by atoms with E-state index >= 15 is 0 Å². The van der Waals surface area contributed by atoms with Gasteiger partial charge < -0.3 is 4.90 Å². The SMILES string of the molecule is O=C(CSc1nnc(-c2ccccc2F)n1Cc1ccccc1)N1CCCC1. The number of rotatable bonds is 6. The van der Waals surface area contributed by atoms with Crippen LogP contribution in [0.1, 0.15) is 18.4 Å². The standard InChI is InChI=1S/C21H21FN4OS/c22-18-11-5-4-10-17(18)20-23-24-21(26(20)14-16-8-2-1-3-9-16)28-15-19(27)25-12-6-7-13-25/h1-5,8-11H,6-7,12-15H2. The number of likely N-dealkylation sites (tertiary alicyclic amines) is 1. The molecule has 0 spiro atoms. The molecule has 0 saturated carbocycles. The van der Waals surface area contributed by atoms with Gasteiger partial charge in [0.05, 0.1) is 17.9 Å². The van der Waals surface area contributed by atoms with Crippen molar-refractivity contribution in [2.24, 2.45) is 0 Å². The lowest BCUT2D eigenvalue weighted by Crippen LogP contribution is -2.29. The van der Waals surface area contributed by atoms with Crippen LogP contribution in [0.2, 0.25) is 0 Å². The summed E-state index contributed by atoms with van der Waals surface area (Å²) in [6.07, 6.45) is 2.13. The summed E-state index contributed by atoms with van der Waals surface area (Å²) < 4.78 is 16.3. The highest BCUT2D eigenvalue weighted by atomic mass is 32.2. The summed E-state index contributed by atoms with van der Waals surface area (Å²) in [6, 6.07) is 16.5. The van der Waals surface area contributed by atoms with Gasteiger partial charge in [0.25, 0.3) is 0 Å². The van der Waals surface area contributed by atoms with E-state index < -0.39 is 0 Å². The normalized spacial score (nSPS) is 13.8. The number of carbonyl (C=O) groups is 1. The summed E-state index contributed by atoms with van der Waals surface area (Å²) in [5.74, 6) is 0.556. The summed E-state index contributed by atoms with van der Waals surface area (Å²) in [5.41, 5.74) is 1.47. The molecule has 1 fully saturated rings. The van der Waals surface area contributed by atoms with E-state index in [1.165, 1.54) is 17.8 Å². The van der Waals surface area contributed by atoms with Gasteiger partial charge in [-0.1, -0.05) is 54.2 Å². The van der Waals surface area contributed by atoms with E-state index in [9.17, 15) is 9.18 Å². The largest absolute Gasteiger partial charge is 0.342 e. The molecule has 2 aromatic carbocycles. The van der Waals surface area contributed by atoms with E-state index in [-0.39, 0.29) is 11.7 Å². The molecule has 0 atom stereocenters. The molecule has 1 aliphatic rings. The van der Waals surface area contributed by atoms with Crippen LogP contribution in [0.25, 0.3) is 11.4 Å². The van der Waals surface area contributed by atoms with Crippen LogP contribution >= 0.6 is 11.8 Å². The lowest BCUT2D eigenvalue weighted by molar-refractivity contribution is -0.127. The van der Waals surface area contributed by atoms with E-state index in [0.29, 0.717) is 28.8 Å². The molecule has 4 rings (SSSR count). The summed E-state index contributed by atoms with van der Waals surface area (Å²) >= 11 is 1.36. The molecule has 0 unspecified atom stereocenters. The van der Waals surface area contributed by atoms with Crippen molar-refractivity contribution in [1.29, 1.82) is 0 Å². The van der Waals surface area contributed by atoms with Crippen molar-refractivity contribution in [2.45, 2.75) is 24.5 Å². The maximum Gasteiger partial charge on any atom is 0.233 e. The summed E-state index contributed by atoms with van der Waals surface area (Å²) in [4.78, 5) is 14.3. The summed E-state index contributed by atoms with van der Waals surface area (Å²) in [6.45, 7) is 2.17. The lowest BCUT2D eigenvalue weighted by Gasteiger charge is -2.15. The molecule has 1 aliphatic heterocycles. The smallest absolute Gasteiger partial charge is 0.233 e. The van der Waals surface area contributed by atoms with E-state index in [1.807, 2.05) is 39.8 Å². The number of carbonyl (C=O) groups excluding carboxylic acids is 1. The highest BCUT2D eigenvalue weighted by molar-refractivity contribution is 7.99. The maximum absolute atomic E-state index is 14.4. The molecule has 144 valence electrons. The zero-order chi connectivity index (χ0) is 19.3. The van der Waals surface area contributed by atoms with E-state index in [1.54, 1.807) is 18.2 Å². The number of benzene rings is 2.